The summed E-state index contributed by atoms with van der Waals surface area (Å²) in [6.07, 6.45) is 0.783. The van der Waals surface area contributed by atoms with Gasteiger partial charge in [0.15, 0.2) is 0 Å². The maximum Gasteiger partial charge on any atom is 0.122 e. The molecule has 0 spiro atoms. The molecule has 0 saturated carbocycles. The van der Waals surface area contributed by atoms with Crippen LogP contribution in [-0.4, -0.2) is 61.4 Å². The van der Waals surface area contributed by atoms with E-state index in [9.17, 15) is 5.11 Å². The SMILES string of the molecule is COc1cc(CN2CCN(Cc3ccccc3C)C[C@@H]2CCO)cc(OC)c1. The van der Waals surface area contributed by atoms with E-state index in [0.717, 1.165) is 50.6 Å². The summed E-state index contributed by atoms with van der Waals surface area (Å²) in [6.45, 7) is 7.16. The molecule has 0 amide bonds. The molecule has 0 unspecified atom stereocenters. The third-order valence-corrected chi connectivity index (χ3v) is 5.60. The summed E-state index contributed by atoms with van der Waals surface area (Å²) in [5.74, 6) is 1.62. The summed E-state index contributed by atoms with van der Waals surface area (Å²) < 4.78 is 10.8. The number of benzene rings is 2. The molecule has 5 heteroatoms. The third kappa shape index (κ3) is 5.25. The first-order chi connectivity index (χ1) is 13.6. The molecule has 2 aromatic rings. The molecule has 1 saturated heterocycles. The van der Waals surface area contributed by atoms with Gasteiger partial charge in [-0.25, -0.2) is 0 Å². The van der Waals surface area contributed by atoms with Gasteiger partial charge in [0.25, 0.3) is 0 Å². The Labute approximate surface area is 168 Å². The molecule has 5 nitrogen and oxygen atoms in total. The Morgan fingerprint density at radius 1 is 1.00 bits per heavy atom. The molecule has 0 radical (unpaired) electrons. The molecule has 1 aliphatic heterocycles. The normalized spacial score (nSPS) is 18.2. The van der Waals surface area contributed by atoms with Gasteiger partial charge in [0.05, 0.1) is 14.2 Å². The van der Waals surface area contributed by atoms with Crippen LogP contribution in [0.2, 0.25) is 0 Å². The molecular formula is C23H32N2O3. The van der Waals surface area contributed by atoms with Crippen LogP contribution in [0.15, 0.2) is 42.5 Å². The number of aliphatic hydroxyl groups is 1. The Kier molecular flexibility index (Phi) is 7.31. The van der Waals surface area contributed by atoms with Crippen molar-refractivity contribution in [3.8, 4) is 11.5 Å². The Morgan fingerprint density at radius 3 is 2.36 bits per heavy atom. The van der Waals surface area contributed by atoms with Crippen LogP contribution in [0.4, 0.5) is 0 Å². The van der Waals surface area contributed by atoms with E-state index >= 15 is 0 Å². The molecule has 28 heavy (non-hydrogen) atoms. The zero-order valence-corrected chi connectivity index (χ0v) is 17.2. The van der Waals surface area contributed by atoms with E-state index in [1.165, 1.54) is 16.7 Å². The Balaban J connectivity index is 1.68. The van der Waals surface area contributed by atoms with Crippen molar-refractivity contribution in [3.63, 3.8) is 0 Å². The molecular weight excluding hydrogens is 352 g/mol. The van der Waals surface area contributed by atoms with Crippen molar-refractivity contribution in [1.29, 1.82) is 0 Å². The van der Waals surface area contributed by atoms with Gasteiger partial charge in [0, 0.05) is 51.4 Å². The van der Waals surface area contributed by atoms with Crippen LogP contribution in [0.1, 0.15) is 23.1 Å². The smallest absolute Gasteiger partial charge is 0.122 e. The first-order valence-electron chi connectivity index (χ1n) is 9.96. The molecule has 1 aliphatic rings. The van der Waals surface area contributed by atoms with Crippen LogP contribution in [0.5, 0.6) is 11.5 Å². The second kappa shape index (κ2) is 9.92. The van der Waals surface area contributed by atoms with Gasteiger partial charge >= 0.3 is 0 Å². The Hall–Kier alpha value is -2.08. The summed E-state index contributed by atoms with van der Waals surface area (Å²) in [4.78, 5) is 4.98. The second-order valence-corrected chi connectivity index (χ2v) is 7.52. The van der Waals surface area contributed by atoms with E-state index in [4.69, 9.17) is 9.47 Å². The molecule has 1 atom stereocenters. The van der Waals surface area contributed by atoms with Crippen LogP contribution in [0.25, 0.3) is 0 Å². The van der Waals surface area contributed by atoms with E-state index in [2.05, 4.69) is 53.1 Å². The van der Waals surface area contributed by atoms with Gasteiger partial charge in [-0.1, -0.05) is 24.3 Å². The number of aryl methyl sites for hydroxylation is 1. The fourth-order valence-electron chi connectivity index (χ4n) is 3.95. The van der Waals surface area contributed by atoms with Gasteiger partial charge < -0.3 is 14.6 Å². The lowest BCUT2D eigenvalue weighted by molar-refractivity contribution is 0.0498. The van der Waals surface area contributed by atoms with Crippen molar-refractivity contribution >= 4 is 0 Å². The predicted molar refractivity (Wildman–Crippen MR) is 112 cm³/mol. The van der Waals surface area contributed by atoms with E-state index in [1.54, 1.807) is 14.2 Å². The Bertz CT molecular complexity index is 743. The van der Waals surface area contributed by atoms with Crippen molar-refractivity contribution < 1.29 is 14.6 Å². The van der Waals surface area contributed by atoms with Crippen LogP contribution >= 0.6 is 0 Å². The highest BCUT2D eigenvalue weighted by atomic mass is 16.5. The van der Waals surface area contributed by atoms with Gasteiger partial charge in [0.1, 0.15) is 11.5 Å². The molecule has 0 aromatic heterocycles. The monoisotopic (exact) mass is 384 g/mol. The van der Waals surface area contributed by atoms with Crippen molar-refractivity contribution in [1.82, 2.24) is 9.80 Å². The number of hydrogen-bond donors (Lipinski definition) is 1. The fourth-order valence-corrected chi connectivity index (χ4v) is 3.95. The van der Waals surface area contributed by atoms with Gasteiger partial charge in [-0.15, -0.1) is 0 Å². The molecule has 0 aliphatic carbocycles. The standard InChI is InChI=1S/C23H32N2O3/c1-18-6-4-5-7-20(18)16-24-9-10-25(21(17-24)8-11-26)15-19-12-22(27-2)14-23(13-19)28-3/h4-7,12-14,21,26H,8-11,15-17H2,1-3H3/t21-/m0/s1. The number of ether oxygens (including phenoxy) is 2. The lowest BCUT2D eigenvalue weighted by Crippen LogP contribution is -2.52. The number of aliphatic hydroxyl groups excluding tert-OH is 1. The highest BCUT2D eigenvalue weighted by molar-refractivity contribution is 5.38. The lowest BCUT2D eigenvalue weighted by Gasteiger charge is -2.41. The molecule has 1 heterocycles. The maximum atomic E-state index is 9.60. The number of nitrogens with zero attached hydrogens (tertiary/aromatic N) is 2. The van der Waals surface area contributed by atoms with Gasteiger partial charge in [0.2, 0.25) is 0 Å². The third-order valence-electron chi connectivity index (χ3n) is 5.60. The van der Waals surface area contributed by atoms with Crippen LogP contribution < -0.4 is 9.47 Å². The van der Waals surface area contributed by atoms with Crippen LogP contribution in [0, 0.1) is 6.92 Å². The average molecular weight is 385 g/mol. The zero-order chi connectivity index (χ0) is 19.9. The van der Waals surface area contributed by atoms with Crippen molar-refractivity contribution in [2.75, 3.05) is 40.5 Å². The van der Waals surface area contributed by atoms with Crippen molar-refractivity contribution in [3.05, 3.63) is 59.2 Å². The topological polar surface area (TPSA) is 45.2 Å². The van der Waals surface area contributed by atoms with Gasteiger partial charge in [-0.05, 0) is 42.2 Å². The summed E-state index contributed by atoms with van der Waals surface area (Å²) in [7, 11) is 3.36. The first-order valence-corrected chi connectivity index (χ1v) is 9.96. The van der Waals surface area contributed by atoms with Crippen LogP contribution in [0.3, 0.4) is 0 Å². The molecule has 1 fully saturated rings. The molecule has 0 bridgehead atoms. The molecule has 152 valence electrons. The number of hydrogen-bond acceptors (Lipinski definition) is 5. The van der Waals surface area contributed by atoms with E-state index < -0.39 is 0 Å². The van der Waals surface area contributed by atoms with E-state index in [0.29, 0.717) is 6.04 Å². The highest BCUT2D eigenvalue weighted by Gasteiger charge is 2.27. The number of rotatable bonds is 8. The van der Waals surface area contributed by atoms with E-state index in [-0.39, 0.29) is 6.61 Å². The maximum absolute atomic E-state index is 9.60. The van der Waals surface area contributed by atoms with Crippen molar-refractivity contribution in [2.45, 2.75) is 32.5 Å². The minimum Gasteiger partial charge on any atom is -0.497 e. The second-order valence-electron chi connectivity index (χ2n) is 7.52. The average Bonchev–Trinajstić information content (AvgIpc) is 2.71. The largest absolute Gasteiger partial charge is 0.497 e. The van der Waals surface area contributed by atoms with E-state index in [1.807, 2.05) is 6.07 Å². The van der Waals surface area contributed by atoms with Crippen molar-refractivity contribution in [2.24, 2.45) is 0 Å². The quantitative estimate of drug-likeness (QED) is 0.758. The summed E-state index contributed by atoms with van der Waals surface area (Å²) in [6, 6.07) is 15.0. The first kappa shape index (κ1) is 20.6. The minimum absolute atomic E-state index is 0.209. The summed E-state index contributed by atoms with van der Waals surface area (Å²) >= 11 is 0. The number of methoxy groups -OCH3 is 2. The van der Waals surface area contributed by atoms with Gasteiger partial charge in [-0.3, -0.25) is 9.80 Å². The fraction of sp³-hybridized carbons (Fsp3) is 0.478. The van der Waals surface area contributed by atoms with Gasteiger partial charge in [-0.2, -0.15) is 0 Å². The summed E-state index contributed by atoms with van der Waals surface area (Å²) in [5.41, 5.74) is 3.90. The predicted octanol–water partition coefficient (Wildman–Crippen LogP) is 3.08. The summed E-state index contributed by atoms with van der Waals surface area (Å²) in [5, 5.41) is 9.60. The minimum atomic E-state index is 0.209. The Morgan fingerprint density at radius 2 is 1.71 bits per heavy atom. The zero-order valence-electron chi connectivity index (χ0n) is 17.2. The molecule has 3 rings (SSSR count). The van der Waals surface area contributed by atoms with Crippen LogP contribution in [-0.2, 0) is 13.1 Å². The molecule has 1 N–H and O–H groups in total. The highest BCUT2D eigenvalue weighted by Crippen LogP contribution is 2.25. The lowest BCUT2D eigenvalue weighted by atomic mass is 10.0. The molecule has 2 aromatic carbocycles. The number of piperazine rings is 1.